The van der Waals surface area contributed by atoms with Gasteiger partial charge >= 0.3 is 0 Å². The van der Waals surface area contributed by atoms with Gasteiger partial charge in [0.1, 0.15) is 5.82 Å². The second kappa shape index (κ2) is 4.79. The third-order valence-electron chi connectivity index (χ3n) is 4.43. The molecule has 0 aromatic carbocycles. The number of nitrogens with one attached hydrogen (secondary N) is 1. The number of hydrogen-bond acceptors (Lipinski definition) is 3. The lowest BCUT2D eigenvalue weighted by atomic mass is 9.67. The van der Waals surface area contributed by atoms with E-state index < -0.39 is 0 Å². The average Bonchev–Trinajstić information content (AvgIpc) is 2.88. The van der Waals surface area contributed by atoms with Crippen LogP contribution in [0.15, 0.2) is 12.4 Å². The van der Waals surface area contributed by atoms with Crippen LogP contribution in [0.3, 0.4) is 0 Å². The molecule has 2 fully saturated rings. The first-order valence-corrected chi connectivity index (χ1v) is 7.00. The van der Waals surface area contributed by atoms with Gasteiger partial charge in [-0.05, 0) is 18.3 Å². The molecule has 0 unspecified atom stereocenters. The maximum atomic E-state index is 12.3. The van der Waals surface area contributed by atoms with E-state index in [9.17, 15) is 9.59 Å². The number of nitrogens with zero attached hydrogens (tertiary/aromatic N) is 2. The summed E-state index contributed by atoms with van der Waals surface area (Å²) in [6.07, 6.45) is 9.99. The van der Waals surface area contributed by atoms with E-state index >= 15 is 0 Å². The van der Waals surface area contributed by atoms with Crippen molar-refractivity contribution in [3.05, 3.63) is 18.2 Å². The van der Waals surface area contributed by atoms with Crippen LogP contribution in [0, 0.1) is 5.41 Å². The molecule has 2 heterocycles. The van der Waals surface area contributed by atoms with Crippen LogP contribution in [0.4, 0.5) is 0 Å². The van der Waals surface area contributed by atoms with Crippen LogP contribution in [-0.4, -0.2) is 26.7 Å². The Morgan fingerprint density at radius 3 is 2.42 bits per heavy atom. The Balaban J connectivity index is 1.72. The Kier molecular flexibility index (Phi) is 3.12. The van der Waals surface area contributed by atoms with E-state index in [1.165, 1.54) is 11.3 Å². The van der Waals surface area contributed by atoms with Gasteiger partial charge < -0.3 is 4.98 Å². The fourth-order valence-corrected chi connectivity index (χ4v) is 3.40. The minimum Gasteiger partial charge on any atom is -0.347 e. The van der Waals surface area contributed by atoms with Crippen molar-refractivity contribution in [2.24, 2.45) is 5.41 Å². The normalized spacial score (nSPS) is 23.1. The third kappa shape index (κ3) is 2.41. The molecule has 1 saturated carbocycles. The molecule has 102 valence electrons. The first-order chi connectivity index (χ1) is 9.19. The monoisotopic (exact) mass is 261 g/mol. The predicted molar refractivity (Wildman–Crippen MR) is 68.9 cm³/mol. The Bertz CT molecular complexity index is 455. The number of piperidine rings is 1. The van der Waals surface area contributed by atoms with Crippen molar-refractivity contribution < 1.29 is 9.59 Å². The van der Waals surface area contributed by atoms with Crippen molar-refractivity contribution in [3.8, 4) is 0 Å². The van der Waals surface area contributed by atoms with Crippen LogP contribution in [0.25, 0.3) is 0 Å². The fraction of sp³-hybridized carbons (Fsp3) is 0.643. The standard InChI is InChI=1S/C14H19N3O2/c18-12-8-14(4-2-1-3-5-14)9-13(19)17(12)10-11-15-6-7-16-11/h6-7H,1-5,8-10H2,(H,15,16). The van der Waals surface area contributed by atoms with Gasteiger partial charge in [0.15, 0.2) is 0 Å². The van der Waals surface area contributed by atoms with Crippen LogP contribution >= 0.6 is 0 Å². The lowest BCUT2D eigenvalue weighted by Crippen LogP contribution is -2.48. The number of carbonyl (C=O) groups excluding carboxylic acids is 2. The van der Waals surface area contributed by atoms with E-state index in [-0.39, 0.29) is 23.8 Å². The van der Waals surface area contributed by atoms with Crippen molar-refractivity contribution in [1.29, 1.82) is 0 Å². The topological polar surface area (TPSA) is 66.1 Å². The molecular formula is C14H19N3O2. The number of likely N-dealkylation sites (tertiary alicyclic amines) is 1. The number of aromatic nitrogens is 2. The van der Waals surface area contributed by atoms with Gasteiger partial charge in [-0.2, -0.15) is 0 Å². The quantitative estimate of drug-likeness (QED) is 0.828. The second-order valence-electron chi connectivity index (χ2n) is 5.82. The van der Waals surface area contributed by atoms with Gasteiger partial charge in [-0.15, -0.1) is 0 Å². The molecule has 19 heavy (non-hydrogen) atoms. The summed E-state index contributed by atoms with van der Waals surface area (Å²) in [5, 5.41) is 0. The molecule has 0 atom stereocenters. The zero-order valence-electron chi connectivity index (χ0n) is 11.0. The maximum absolute atomic E-state index is 12.3. The van der Waals surface area contributed by atoms with Gasteiger partial charge in [0.25, 0.3) is 0 Å². The average molecular weight is 261 g/mol. The molecule has 0 radical (unpaired) electrons. The minimum atomic E-state index is -0.0356. The molecule has 1 saturated heterocycles. The maximum Gasteiger partial charge on any atom is 0.230 e. The summed E-state index contributed by atoms with van der Waals surface area (Å²) in [7, 11) is 0. The molecule has 3 rings (SSSR count). The number of carbonyl (C=O) groups is 2. The highest BCUT2D eigenvalue weighted by molar-refractivity contribution is 5.98. The SMILES string of the molecule is O=C1CC2(CCCCC2)CC(=O)N1Cc1ncc[nH]1. The van der Waals surface area contributed by atoms with Gasteiger partial charge in [0, 0.05) is 25.2 Å². The Morgan fingerprint density at radius 1 is 1.16 bits per heavy atom. The molecular weight excluding hydrogens is 242 g/mol. The highest BCUT2D eigenvalue weighted by Gasteiger charge is 2.43. The number of imidazole rings is 1. The third-order valence-corrected chi connectivity index (χ3v) is 4.43. The molecule has 1 N–H and O–H groups in total. The van der Waals surface area contributed by atoms with Gasteiger partial charge in [0.2, 0.25) is 11.8 Å². The Labute approximate surface area is 112 Å². The number of rotatable bonds is 2. The van der Waals surface area contributed by atoms with Crippen molar-refractivity contribution in [1.82, 2.24) is 14.9 Å². The van der Waals surface area contributed by atoms with E-state index in [0.717, 1.165) is 25.7 Å². The summed E-state index contributed by atoms with van der Waals surface area (Å²) in [5.74, 6) is 0.602. The Morgan fingerprint density at radius 2 is 1.84 bits per heavy atom. The predicted octanol–water partition coefficient (Wildman–Crippen LogP) is 2.01. The number of imide groups is 1. The van der Waals surface area contributed by atoms with Crippen molar-refractivity contribution in [2.45, 2.75) is 51.5 Å². The van der Waals surface area contributed by atoms with E-state index in [4.69, 9.17) is 0 Å². The summed E-state index contributed by atoms with van der Waals surface area (Å²) in [6.45, 7) is 0.279. The molecule has 2 amide bonds. The molecule has 1 aliphatic carbocycles. The molecule has 1 aliphatic heterocycles. The molecule has 0 bridgehead atoms. The van der Waals surface area contributed by atoms with Crippen LogP contribution in [-0.2, 0) is 16.1 Å². The van der Waals surface area contributed by atoms with Gasteiger partial charge in [-0.3, -0.25) is 14.5 Å². The minimum absolute atomic E-state index is 0.0328. The van der Waals surface area contributed by atoms with Crippen molar-refractivity contribution in [2.75, 3.05) is 0 Å². The van der Waals surface area contributed by atoms with Gasteiger partial charge in [-0.1, -0.05) is 19.3 Å². The zero-order chi connectivity index (χ0) is 13.3. The highest BCUT2D eigenvalue weighted by Crippen LogP contribution is 2.45. The van der Waals surface area contributed by atoms with E-state index in [1.807, 2.05) is 0 Å². The largest absolute Gasteiger partial charge is 0.347 e. The number of amides is 2. The summed E-state index contributed by atoms with van der Waals surface area (Å²) in [6, 6.07) is 0. The molecule has 1 spiro atoms. The van der Waals surface area contributed by atoms with E-state index in [1.54, 1.807) is 12.4 Å². The molecule has 1 aromatic heterocycles. The van der Waals surface area contributed by atoms with Gasteiger partial charge in [0.05, 0.1) is 6.54 Å². The second-order valence-corrected chi connectivity index (χ2v) is 5.82. The van der Waals surface area contributed by atoms with Crippen LogP contribution < -0.4 is 0 Å². The number of hydrogen-bond donors (Lipinski definition) is 1. The molecule has 1 aromatic rings. The van der Waals surface area contributed by atoms with Gasteiger partial charge in [-0.25, -0.2) is 4.98 Å². The lowest BCUT2D eigenvalue weighted by Gasteiger charge is -2.42. The van der Waals surface area contributed by atoms with Crippen LogP contribution in [0.5, 0.6) is 0 Å². The van der Waals surface area contributed by atoms with Crippen LogP contribution in [0.1, 0.15) is 50.8 Å². The molecule has 5 heteroatoms. The Hall–Kier alpha value is -1.65. The summed E-state index contributed by atoms with van der Waals surface area (Å²) >= 11 is 0. The van der Waals surface area contributed by atoms with Crippen molar-refractivity contribution >= 4 is 11.8 Å². The molecule has 5 nitrogen and oxygen atoms in total. The summed E-state index contributed by atoms with van der Waals surface area (Å²) < 4.78 is 0. The van der Waals surface area contributed by atoms with E-state index in [2.05, 4.69) is 9.97 Å². The summed E-state index contributed by atoms with van der Waals surface area (Å²) in [5.41, 5.74) is -0.0356. The lowest BCUT2D eigenvalue weighted by molar-refractivity contribution is -0.155. The zero-order valence-corrected chi connectivity index (χ0v) is 11.0. The highest BCUT2D eigenvalue weighted by atomic mass is 16.2. The number of H-pyrrole nitrogens is 1. The first kappa shape index (κ1) is 12.4. The fourth-order valence-electron chi connectivity index (χ4n) is 3.40. The first-order valence-electron chi connectivity index (χ1n) is 7.00. The summed E-state index contributed by atoms with van der Waals surface area (Å²) in [4.78, 5) is 32.9. The smallest absolute Gasteiger partial charge is 0.230 e. The van der Waals surface area contributed by atoms with E-state index in [0.29, 0.717) is 18.7 Å². The van der Waals surface area contributed by atoms with Crippen molar-refractivity contribution in [3.63, 3.8) is 0 Å². The van der Waals surface area contributed by atoms with Crippen LogP contribution in [0.2, 0.25) is 0 Å². The molecule has 2 aliphatic rings. The number of aromatic amines is 1.